The highest BCUT2D eigenvalue weighted by molar-refractivity contribution is 5.84. The van der Waals surface area contributed by atoms with Gasteiger partial charge in [-0.2, -0.15) is 5.10 Å². The molecule has 0 saturated carbocycles. The van der Waals surface area contributed by atoms with Crippen LogP contribution in [0.1, 0.15) is 39.4 Å². The van der Waals surface area contributed by atoms with Gasteiger partial charge in [-0.15, -0.1) is 0 Å². The van der Waals surface area contributed by atoms with Crippen molar-refractivity contribution >= 4 is 5.78 Å². The molecule has 0 bridgehead atoms. The predicted molar refractivity (Wildman–Crippen MR) is 62.2 cm³/mol. The van der Waals surface area contributed by atoms with Crippen molar-refractivity contribution in [3.8, 4) is 0 Å². The highest BCUT2D eigenvalue weighted by Crippen LogP contribution is 2.08. The second-order valence-electron chi connectivity index (χ2n) is 4.71. The van der Waals surface area contributed by atoms with Gasteiger partial charge in [-0.25, -0.2) is 0 Å². The Labute approximate surface area is 96.3 Å². The zero-order valence-corrected chi connectivity index (χ0v) is 10.3. The van der Waals surface area contributed by atoms with E-state index in [9.17, 15) is 9.90 Å². The molecule has 4 nitrogen and oxygen atoms in total. The molecular weight excluding hydrogens is 204 g/mol. The molecule has 0 fully saturated rings. The summed E-state index contributed by atoms with van der Waals surface area (Å²) in [6.07, 6.45) is 1.18. The summed E-state index contributed by atoms with van der Waals surface area (Å²) in [5.41, 5.74) is 0.721. The Kier molecular flexibility index (Phi) is 4.24. The summed E-state index contributed by atoms with van der Waals surface area (Å²) in [7, 11) is 0. The van der Waals surface area contributed by atoms with Crippen LogP contribution in [-0.2, 0) is 11.2 Å². The van der Waals surface area contributed by atoms with Crippen molar-refractivity contribution in [2.24, 2.45) is 5.92 Å². The molecule has 1 N–H and O–H groups in total. The lowest BCUT2D eigenvalue weighted by molar-refractivity contribution is -0.128. The largest absolute Gasteiger partial charge is 0.385 e. The molecule has 0 radical (unpaired) electrons. The molecule has 1 heterocycles. The van der Waals surface area contributed by atoms with E-state index in [1.807, 2.05) is 44.6 Å². The normalized spacial score (nSPS) is 13.4. The third-order valence-corrected chi connectivity index (χ3v) is 2.51. The van der Waals surface area contributed by atoms with Crippen molar-refractivity contribution < 1.29 is 9.90 Å². The molecule has 0 aromatic carbocycles. The first kappa shape index (κ1) is 12.9. The maximum absolute atomic E-state index is 11.6. The SMILES string of the molecule is CC(C)C(O)C(=O)Cc1ccn(C(C)C)n1. The Balaban J connectivity index is 2.63. The molecule has 0 amide bonds. The van der Waals surface area contributed by atoms with E-state index in [4.69, 9.17) is 0 Å². The Morgan fingerprint density at radius 3 is 2.50 bits per heavy atom. The van der Waals surface area contributed by atoms with Crippen LogP contribution in [0, 0.1) is 5.92 Å². The molecule has 16 heavy (non-hydrogen) atoms. The first-order chi connectivity index (χ1) is 7.41. The number of carbonyl (C=O) groups excluding carboxylic acids is 1. The fraction of sp³-hybridized carbons (Fsp3) is 0.667. The smallest absolute Gasteiger partial charge is 0.167 e. The molecule has 0 aliphatic carbocycles. The number of nitrogens with zero attached hydrogens (tertiary/aromatic N) is 2. The molecule has 1 unspecified atom stereocenters. The summed E-state index contributed by atoms with van der Waals surface area (Å²) >= 11 is 0. The number of aromatic nitrogens is 2. The van der Waals surface area contributed by atoms with Gasteiger partial charge in [-0.05, 0) is 25.8 Å². The highest BCUT2D eigenvalue weighted by atomic mass is 16.3. The second kappa shape index (κ2) is 5.25. The number of ketones is 1. The van der Waals surface area contributed by atoms with E-state index in [-0.39, 0.29) is 18.1 Å². The number of Topliss-reactive ketones (excluding diaryl/α,β-unsaturated/α-hetero) is 1. The molecule has 0 aliphatic heterocycles. The molecule has 0 saturated heterocycles. The van der Waals surface area contributed by atoms with E-state index >= 15 is 0 Å². The minimum atomic E-state index is -0.885. The van der Waals surface area contributed by atoms with Crippen LogP contribution in [0.3, 0.4) is 0 Å². The molecule has 90 valence electrons. The van der Waals surface area contributed by atoms with Gasteiger partial charge in [0.15, 0.2) is 5.78 Å². The average molecular weight is 224 g/mol. The van der Waals surface area contributed by atoms with E-state index in [1.54, 1.807) is 0 Å². The van der Waals surface area contributed by atoms with E-state index in [2.05, 4.69) is 5.10 Å². The van der Waals surface area contributed by atoms with Gasteiger partial charge in [-0.1, -0.05) is 13.8 Å². The number of carbonyl (C=O) groups is 1. The van der Waals surface area contributed by atoms with Gasteiger partial charge in [0.2, 0.25) is 0 Å². The highest BCUT2D eigenvalue weighted by Gasteiger charge is 2.19. The fourth-order valence-electron chi connectivity index (χ4n) is 1.41. The van der Waals surface area contributed by atoms with E-state index < -0.39 is 6.10 Å². The fourth-order valence-corrected chi connectivity index (χ4v) is 1.41. The molecule has 1 aromatic heterocycles. The maximum atomic E-state index is 11.6. The Hall–Kier alpha value is -1.16. The zero-order chi connectivity index (χ0) is 12.3. The molecule has 1 rings (SSSR count). The van der Waals surface area contributed by atoms with Gasteiger partial charge in [0.25, 0.3) is 0 Å². The summed E-state index contributed by atoms with van der Waals surface area (Å²) in [4.78, 5) is 11.6. The molecular formula is C12H20N2O2. The third-order valence-electron chi connectivity index (χ3n) is 2.51. The average Bonchev–Trinajstić information content (AvgIpc) is 2.64. The van der Waals surface area contributed by atoms with Crippen LogP contribution >= 0.6 is 0 Å². The van der Waals surface area contributed by atoms with Crippen molar-refractivity contribution in [1.29, 1.82) is 0 Å². The van der Waals surface area contributed by atoms with Gasteiger partial charge in [-0.3, -0.25) is 9.48 Å². The molecule has 4 heteroatoms. The minimum absolute atomic E-state index is 0.0420. The summed E-state index contributed by atoms with van der Waals surface area (Å²) < 4.78 is 1.81. The topological polar surface area (TPSA) is 55.1 Å². The Bertz CT molecular complexity index is 356. The van der Waals surface area contributed by atoms with Crippen LogP contribution in [0.4, 0.5) is 0 Å². The van der Waals surface area contributed by atoms with Gasteiger partial charge in [0, 0.05) is 12.2 Å². The Morgan fingerprint density at radius 2 is 2.06 bits per heavy atom. The van der Waals surface area contributed by atoms with Crippen molar-refractivity contribution in [3.05, 3.63) is 18.0 Å². The van der Waals surface area contributed by atoms with Gasteiger partial charge < -0.3 is 5.11 Å². The molecule has 0 spiro atoms. The monoisotopic (exact) mass is 224 g/mol. The lowest BCUT2D eigenvalue weighted by Gasteiger charge is -2.11. The first-order valence-electron chi connectivity index (χ1n) is 5.66. The predicted octanol–water partition coefficient (Wildman–Crippen LogP) is 1.59. The van der Waals surface area contributed by atoms with Crippen molar-refractivity contribution in [1.82, 2.24) is 9.78 Å². The van der Waals surface area contributed by atoms with E-state index in [0.29, 0.717) is 6.04 Å². The summed E-state index contributed by atoms with van der Waals surface area (Å²) in [5, 5.41) is 13.9. The summed E-state index contributed by atoms with van der Waals surface area (Å²) in [5.74, 6) is -0.205. The van der Waals surface area contributed by atoms with Crippen LogP contribution in [0.2, 0.25) is 0 Å². The van der Waals surface area contributed by atoms with Crippen molar-refractivity contribution in [3.63, 3.8) is 0 Å². The lowest BCUT2D eigenvalue weighted by atomic mass is 10.0. The summed E-state index contributed by atoms with van der Waals surface area (Å²) in [6.45, 7) is 7.72. The standard InChI is InChI=1S/C12H20N2O2/c1-8(2)12(16)11(15)7-10-5-6-14(13-10)9(3)4/h5-6,8-9,12,16H,7H2,1-4H3. The minimum Gasteiger partial charge on any atom is -0.385 e. The number of hydrogen-bond acceptors (Lipinski definition) is 3. The number of aliphatic hydroxyl groups excluding tert-OH is 1. The second-order valence-corrected chi connectivity index (χ2v) is 4.71. The lowest BCUT2D eigenvalue weighted by Crippen LogP contribution is -2.27. The summed E-state index contributed by atoms with van der Waals surface area (Å²) in [6, 6.07) is 2.11. The third kappa shape index (κ3) is 3.17. The molecule has 1 aromatic rings. The molecule has 1 atom stereocenters. The van der Waals surface area contributed by atoms with Crippen LogP contribution in [-0.4, -0.2) is 26.8 Å². The van der Waals surface area contributed by atoms with Gasteiger partial charge in [0.05, 0.1) is 12.1 Å². The van der Waals surface area contributed by atoms with Crippen LogP contribution in [0.5, 0.6) is 0 Å². The number of hydrogen-bond donors (Lipinski definition) is 1. The van der Waals surface area contributed by atoms with Crippen molar-refractivity contribution in [2.75, 3.05) is 0 Å². The van der Waals surface area contributed by atoms with Crippen LogP contribution < -0.4 is 0 Å². The van der Waals surface area contributed by atoms with Crippen LogP contribution in [0.15, 0.2) is 12.3 Å². The molecule has 0 aliphatic rings. The van der Waals surface area contributed by atoms with E-state index in [0.717, 1.165) is 5.69 Å². The van der Waals surface area contributed by atoms with Gasteiger partial charge in [0.1, 0.15) is 6.10 Å². The van der Waals surface area contributed by atoms with Crippen LogP contribution in [0.25, 0.3) is 0 Å². The van der Waals surface area contributed by atoms with Crippen molar-refractivity contribution in [2.45, 2.75) is 46.3 Å². The van der Waals surface area contributed by atoms with Gasteiger partial charge >= 0.3 is 0 Å². The zero-order valence-electron chi connectivity index (χ0n) is 10.3. The first-order valence-corrected chi connectivity index (χ1v) is 5.66. The van der Waals surface area contributed by atoms with E-state index in [1.165, 1.54) is 0 Å². The maximum Gasteiger partial charge on any atom is 0.167 e. The quantitative estimate of drug-likeness (QED) is 0.826. The number of rotatable bonds is 5. The number of aliphatic hydroxyl groups is 1. The Morgan fingerprint density at radius 1 is 1.44 bits per heavy atom.